The Morgan fingerprint density at radius 2 is 2.04 bits per heavy atom. The number of carbonyl (C=O) groups is 2. The Bertz CT molecular complexity index is 853. The molecule has 5 nitrogen and oxygen atoms in total. The van der Waals surface area contributed by atoms with E-state index in [0.717, 1.165) is 11.3 Å². The van der Waals surface area contributed by atoms with Gasteiger partial charge >= 0.3 is 0 Å². The highest BCUT2D eigenvalue weighted by atomic mass is 19.1. The highest BCUT2D eigenvalue weighted by molar-refractivity contribution is 5.98. The Morgan fingerprint density at radius 3 is 2.81 bits per heavy atom. The van der Waals surface area contributed by atoms with Crippen molar-refractivity contribution in [2.24, 2.45) is 0 Å². The van der Waals surface area contributed by atoms with Crippen LogP contribution in [0.3, 0.4) is 0 Å². The van der Waals surface area contributed by atoms with Crippen molar-refractivity contribution in [3.05, 3.63) is 59.4 Å². The van der Waals surface area contributed by atoms with Gasteiger partial charge in [-0.3, -0.25) is 9.59 Å². The Morgan fingerprint density at radius 1 is 1.26 bits per heavy atom. The number of halogens is 1. The molecule has 1 aliphatic rings. The van der Waals surface area contributed by atoms with Crippen molar-refractivity contribution in [2.45, 2.75) is 26.3 Å². The van der Waals surface area contributed by atoms with Gasteiger partial charge < -0.3 is 14.5 Å². The van der Waals surface area contributed by atoms with E-state index in [-0.39, 0.29) is 37.2 Å². The minimum atomic E-state index is -0.317. The summed E-state index contributed by atoms with van der Waals surface area (Å²) in [5.41, 5.74) is 2.28. The van der Waals surface area contributed by atoms with Gasteiger partial charge in [0.15, 0.2) is 6.61 Å². The first-order chi connectivity index (χ1) is 13.0. The molecular formula is C21H23FN2O3. The summed E-state index contributed by atoms with van der Waals surface area (Å²) in [5, 5.41) is 0. The number of nitrogens with zero attached hydrogens (tertiary/aromatic N) is 2. The van der Waals surface area contributed by atoms with Crippen molar-refractivity contribution >= 4 is 17.5 Å². The predicted molar refractivity (Wildman–Crippen MR) is 101 cm³/mol. The number of amides is 2. The first-order valence-electron chi connectivity index (χ1n) is 8.97. The van der Waals surface area contributed by atoms with Crippen LogP contribution in [0.1, 0.15) is 24.0 Å². The van der Waals surface area contributed by atoms with E-state index in [1.54, 1.807) is 30.1 Å². The molecule has 6 heteroatoms. The van der Waals surface area contributed by atoms with Crippen molar-refractivity contribution in [2.75, 3.05) is 25.1 Å². The van der Waals surface area contributed by atoms with E-state index in [4.69, 9.17) is 4.74 Å². The van der Waals surface area contributed by atoms with Gasteiger partial charge in [-0.15, -0.1) is 0 Å². The Kier molecular flexibility index (Phi) is 5.74. The molecule has 0 bridgehead atoms. The Hall–Kier alpha value is -2.89. The number of ether oxygens (including phenoxy) is 1. The number of benzene rings is 2. The van der Waals surface area contributed by atoms with Crippen LogP contribution in [0.4, 0.5) is 10.1 Å². The number of fused-ring (bicyclic) bond motifs is 1. The lowest BCUT2D eigenvalue weighted by molar-refractivity contribution is -0.130. The van der Waals surface area contributed by atoms with E-state index in [1.807, 2.05) is 25.1 Å². The molecule has 27 heavy (non-hydrogen) atoms. The molecule has 3 rings (SSSR count). The van der Waals surface area contributed by atoms with Gasteiger partial charge in [0.05, 0.1) is 5.69 Å². The van der Waals surface area contributed by atoms with E-state index in [1.165, 1.54) is 11.0 Å². The summed E-state index contributed by atoms with van der Waals surface area (Å²) >= 11 is 0. The minimum absolute atomic E-state index is 0.0111. The zero-order chi connectivity index (χ0) is 19.4. The maximum atomic E-state index is 13.7. The molecule has 0 unspecified atom stereocenters. The fourth-order valence-corrected chi connectivity index (χ4v) is 3.11. The normalized spacial score (nSPS) is 13.1. The van der Waals surface area contributed by atoms with Crippen molar-refractivity contribution < 1.29 is 18.7 Å². The monoisotopic (exact) mass is 370 g/mol. The fourth-order valence-electron chi connectivity index (χ4n) is 3.11. The molecule has 0 saturated heterocycles. The molecule has 1 aliphatic heterocycles. The van der Waals surface area contributed by atoms with Crippen molar-refractivity contribution in [3.63, 3.8) is 0 Å². The molecular weight excluding hydrogens is 347 g/mol. The van der Waals surface area contributed by atoms with E-state index >= 15 is 0 Å². The lowest BCUT2D eigenvalue weighted by Gasteiger charge is -2.29. The van der Waals surface area contributed by atoms with E-state index in [9.17, 15) is 14.0 Å². The smallest absolute Gasteiger partial charge is 0.265 e. The van der Waals surface area contributed by atoms with E-state index in [2.05, 4.69) is 0 Å². The van der Waals surface area contributed by atoms with Crippen LogP contribution in [-0.2, 0) is 16.1 Å². The van der Waals surface area contributed by atoms with E-state index < -0.39 is 0 Å². The zero-order valence-corrected chi connectivity index (χ0v) is 15.6. The van der Waals surface area contributed by atoms with Gasteiger partial charge in [-0.05, 0) is 37.1 Å². The highest BCUT2D eigenvalue weighted by Gasteiger charge is 2.25. The van der Waals surface area contributed by atoms with Crippen LogP contribution in [0, 0.1) is 12.7 Å². The first kappa shape index (κ1) is 18.9. The lowest BCUT2D eigenvalue weighted by atomic mass is 10.1. The molecule has 0 spiro atoms. The molecule has 0 aliphatic carbocycles. The summed E-state index contributed by atoms with van der Waals surface area (Å²) in [5.74, 6) is 0.176. The second-order valence-electron chi connectivity index (χ2n) is 6.75. The van der Waals surface area contributed by atoms with Crippen molar-refractivity contribution in [1.82, 2.24) is 4.90 Å². The third-order valence-electron chi connectivity index (χ3n) is 4.62. The van der Waals surface area contributed by atoms with E-state index in [0.29, 0.717) is 24.3 Å². The number of anilines is 1. The maximum Gasteiger partial charge on any atom is 0.265 e. The largest absolute Gasteiger partial charge is 0.482 e. The minimum Gasteiger partial charge on any atom is -0.482 e. The molecule has 0 N–H and O–H groups in total. The summed E-state index contributed by atoms with van der Waals surface area (Å²) in [6.07, 6.45) is 0.816. The average Bonchev–Trinajstić information content (AvgIpc) is 2.65. The molecule has 2 aromatic carbocycles. The quantitative estimate of drug-likeness (QED) is 0.784. The van der Waals surface area contributed by atoms with Gasteiger partial charge in [-0.1, -0.05) is 24.3 Å². The summed E-state index contributed by atoms with van der Waals surface area (Å²) < 4.78 is 19.2. The maximum absolute atomic E-state index is 13.7. The average molecular weight is 370 g/mol. The molecule has 0 saturated carbocycles. The Labute approximate surface area is 158 Å². The van der Waals surface area contributed by atoms with Gasteiger partial charge in [-0.25, -0.2) is 4.39 Å². The van der Waals surface area contributed by atoms with Gasteiger partial charge in [-0.2, -0.15) is 0 Å². The summed E-state index contributed by atoms with van der Waals surface area (Å²) in [6, 6.07) is 12.1. The molecule has 0 aromatic heterocycles. The molecule has 0 fully saturated rings. The van der Waals surface area contributed by atoms with Crippen LogP contribution in [0.5, 0.6) is 5.75 Å². The number of hydrogen-bond acceptors (Lipinski definition) is 3. The lowest BCUT2D eigenvalue weighted by Crippen LogP contribution is -2.39. The molecule has 142 valence electrons. The molecule has 1 heterocycles. The third kappa shape index (κ3) is 4.45. The standard InChI is InChI=1S/C21H23FN2O3/c1-15-9-10-19-18(12-15)24(21(26)14-27-19)11-5-8-20(25)23(2)13-16-6-3-4-7-17(16)22/h3-4,6-7,9-10,12H,5,8,11,13-14H2,1-2H3. The highest BCUT2D eigenvalue weighted by Crippen LogP contribution is 2.33. The predicted octanol–water partition coefficient (Wildman–Crippen LogP) is 3.30. The van der Waals surface area contributed by atoms with Crippen LogP contribution in [0.25, 0.3) is 0 Å². The number of hydrogen-bond donors (Lipinski definition) is 0. The number of aryl methyl sites for hydroxylation is 1. The van der Waals surface area contributed by atoms with Gasteiger partial charge in [0, 0.05) is 32.1 Å². The van der Waals surface area contributed by atoms with Crippen LogP contribution < -0.4 is 9.64 Å². The second-order valence-corrected chi connectivity index (χ2v) is 6.75. The van der Waals surface area contributed by atoms with Crippen LogP contribution in [-0.4, -0.2) is 36.9 Å². The summed E-state index contributed by atoms with van der Waals surface area (Å²) in [7, 11) is 1.66. The molecule has 2 aromatic rings. The van der Waals surface area contributed by atoms with Crippen LogP contribution in [0.15, 0.2) is 42.5 Å². The van der Waals surface area contributed by atoms with Gasteiger partial charge in [0.2, 0.25) is 5.91 Å². The summed E-state index contributed by atoms with van der Waals surface area (Å²) in [4.78, 5) is 27.8. The zero-order valence-electron chi connectivity index (χ0n) is 15.6. The van der Waals surface area contributed by atoms with Gasteiger partial charge in [0.25, 0.3) is 5.91 Å². The topological polar surface area (TPSA) is 49.9 Å². The molecule has 2 amide bonds. The third-order valence-corrected chi connectivity index (χ3v) is 4.62. The van der Waals surface area contributed by atoms with Crippen LogP contribution in [0.2, 0.25) is 0 Å². The number of carbonyl (C=O) groups excluding carboxylic acids is 2. The fraction of sp³-hybridized carbons (Fsp3) is 0.333. The van der Waals surface area contributed by atoms with Crippen LogP contribution >= 0.6 is 0 Å². The van der Waals surface area contributed by atoms with Gasteiger partial charge in [0.1, 0.15) is 11.6 Å². The van der Waals surface area contributed by atoms with Crippen molar-refractivity contribution in [3.8, 4) is 5.75 Å². The second kappa shape index (κ2) is 8.20. The number of rotatable bonds is 6. The molecule has 0 radical (unpaired) electrons. The van der Waals surface area contributed by atoms with Crippen molar-refractivity contribution in [1.29, 1.82) is 0 Å². The summed E-state index contributed by atoms with van der Waals surface area (Å²) in [6.45, 7) is 2.64. The molecule has 0 atom stereocenters. The first-order valence-corrected chi connectivity index (χ1v) is 8.97. The SMILES string of the molecule is Cc1ccc2c(c1)N(CCCC(=O)N(C)Cc1ccccc1F)C(=O)CO2. The Balaban J connectivity index is 1.56.